The fourth-order valence-electron chi connectivity index (χ4n) is 2.04. The minimum atomic E-state index is -0.501. The topological polar surface area (TPSA) is 77.1 Å². The van der Waals surface area contributed by atoms with Crippen LogP contribution in [0.2, 0.25) is 0 Å². The Kier molecular flexibility index (Phi) is 8.26. The van der Waals surface area contributed by atoms with Gasteiger partial charge in [-0.15, -0.1) is 0 Å². The number of hydrogen-bond acceptors (Lipinski definition) is 6. The van der Waals surface area contributed by atoms with Crippen LogP contribution in [0.25, 0.3) is 0 Å². The zero-order valence-corrected chi connectivity index (χ0v) is 13.1. The van der Waals surface area contributed by atoms with E-state index in [9.17, 15) is 9.59 Å². The molecule has 0 spiro atoms. The van der Waals surface area contributed by atoms with Crippen molar-refractivity contribution in [2.45, 2.75) is 32.4 Å². The van der Waals surface area contributed by atoms with Gasteiger partial charge in [0.25, 0.3) is 0 Å². The molecule has 1 rings (SSSR count). The molecule has 21 heavy (non-hydrogen) atoms. The summed E-state index contributed by atoms with van der Waals surface area (Å²) in [6.45, 7) is 6.65. The molecule has 0 aliphatic carbocycles. The standard InChI is InChI=1S/C14H26N2O5/c1-11(2)21-7-4-5-15-13(17)9-16-6-8-20-10-12(16)14(18)19-3/h11-12H,4-10H2,1-3H3,(H,15,17). The molecule has 1 N–H and O–H groups in total. The van der Waals surface area contributed by atoms with E-state index >= 15 is 0 Å². The van der Waals surface area contributed by atoms with Gasteiger partial charge in [-0.2, -0.15) is 0 Å². The van der Waals surface area contributed by atoms with Crippen molar-refractivity contribution in [1.29, 1.82) is 0 Å². The molecule has 0 aromatic carbocycles. The summed E-state index contributed by atoms with van der Waals surface area (Å²) in [4.78, 5) is 25.3. The molecule has 0 aromatic heterocycles. The van der Waals surface area contributed by atoms with Gasteiger partial charge in [-0.05, 0) is 20.3 Å². The molecule has 122 valence electrons. The van der Waals surface area contributed by atoms with Crippen LogP contribution in [0.4, 0.5) is 0 Å². The van der Waals surface area contributed by atoms with Crippen LogP contribution in [0.15, 0.2) is 0 Å². The second kappa shape index (κ2) is 9.70. The first kappa shape index (κ1) is 17.9. The molecule has 0 radical (unpaired) electrons. The first-order chi connectivity index (χ1) is 10.0. The van der Waals surface area contributed by atoms with E-state index in [4.69, 9.17) is 14.2 Å². The molecule has 7 nitrogen and oxygen atoms in total. The highest BCUT2D eigenvalue weighted by atomic mass is 16.5. The SMILES string of the molecule is COC(=O)C1COCCN1CC(=O)NCCCOC(C)C. The van der Waals surface area contributed by atoms with E-state index in [1.807, 2.05) is 13.8 Å². The van der Waals surface area contributed by atoms with Crippen LogP contribution in [0, 0.1) is 0 Å². The lowest BCUT2D eigenvalue weighted by Gasteiger charge is -2.32. The average Bonchev–Trinajstić information content (AvgIpc) is 2.46. The molecular weight excluding hydrogens is 276 g/mol. The highest BCUT2D eigenvalue weighted by Crippen LogP contribution is 2.08. The Labute approximate surface area is 125 Å². The number of morpholine rings is 1. The van der Waals surface area contributed by atoms with Crippen molar-refractivity contribution >= 4 is 11.9 Å². The summed E-state index contributed by atoms with van der Waals surface area (Å²) >= 11 is 0. The number of amides is 1. The largest absolute Gasteiger partial charge is 0.468 e. The summed E-state index contributed by atoms with van der Waals surface area (Å²) in [5.41, 5.74) is 0. The van der Waals surface area contributed by atoms with Crippen LogP contribution in [0.1, 0.15) is 20.3 Å². The summed E-state index contributed by atoms with van der Waals surface area (Å²) < 4.78 is 15.4. The van der Waals surface area contributed by atoms with Gasteiger partial charge in [0.1, 0.15) is 6.04 Å². The van der Waals surface area contributed by atoms with E-state index in [-0.39, 0.29) is 31.1 Å². The molecule has 1 aliphatic rings. The average molecular weight is 302 g/mol. The van der Waals surface area contributed by atoms with Crippen molar-refractivity contribution in [3.63, 3.8) is 0 Å². The number of methoxy groups -OCH3 is 1. The monoisotopic (exact) mass is 302 g/mol. The first-order valence-electron chi connectivity index (χ1n) is 7.32. The minimum absolute atomic E-state index is 0.102. The highest BCUT2D eigenvalue weighted by Gasteiger charge is 2.31. The Morgan fingerprint density at radius 2 is 2.19 bits per heavy atom. The molecule has 0 saturated carbocycles. The van der Waals surface area contributed by atoms with E-state index < -0.39 is 6.04 Å². The van der Waals surface area contributed by atoms with Gasteiger partial charge in [0.15, 0.2) is 0 Å². The van der Waals surface area contributed by atoms with Crippen molar-refractivity contribution < 1.29 is 23.8 Å². The Morgan fingerprint density at radius 1 is 1.43 bits per heavy atom. The Balaban J connectivity index is 2.26. The van der Waals surface area contributed by atoms with Gasteiger partial charge >= 0.3 is 5.97 Å². The van der Waals surface area contributed by atoms with Crippen LogP contribution >= 0.6 is 0 Å². The second-order valence-electron chi connectivity index (χ2n) is 5.21. The van der Waals surface area contributed by atoms with E-state index in [0.717, 1.165) is 6.42 Å². The van der Waals surface area contributed by atoms with Crippen LogP contribution in [0.3, 0.4) is 0 Å². The third kappa shape index (κ3) is 6.88. The van der Waals surface area contributed by atoms with Gasteiger partial charge < -0.3 is 19.5 Å². The molecule has 1 amide bonds. The van der Waals surface area contributed by atoms with Crippen LogP contribution < -0.4 is 5.32 Å². The zero-order valence-electron chi connectivity index (χ0n) is 13.1. The lowest BCUT2D eigenvalue weighted by atomic mass is 10.2. The predicted molar refractivity (Wildman–Crippen MR) is 76.9 cm³/mol. The fraction of sp³-hybridized carbons (Fsp3) is 0.857. The Bertz CT molecular complexity index is 335. The highest BCUT2D eigenvalue weighted by molar-refractivity contribution is 5.80. The number of nitrogens with zero attached hydrogens (tertiary/aromatic N) is 1. The van der Waals surface area contributed by atoms with E-state index in [1.54, 1.807) is 4.90 Å². The van der Waals surface area contributed by atoms with Crippen LogP contribution in [-0.4, -0.2) is 75.5 Å². The van der Waals surface area contributed by atoms with Crippen molar-refractivity contribution in [2.75, 3.05) is 46.6 Å². The summed E-state index contributed by atoms with van der Waals surface area (Å²) in [5.74, 6) is -0.469. The van der Waals surface area contributed by atoms with Crippen molar-refractivity contribution in [1.82, 2.24) is 10.2 Å². The normalized spacial score (nSPS) is 19.5. The molecule has 1 fully saturated rings. The smallest absolute Gasteiger partial charge is 0.325 e. The van der Waals surface area contributed by atoms with Gasteiger partial charge in [-0.3, -0.25) is 14.5 Å². The van der Waals surface area contributed by atoms with Gasteiger partial charge in [-0.25, -0.2) is 0 Å². The van der Waals surface area contributed by atoms with Crippen LogP contribution in [-0.2, 0) is 23.8 Å². The lowest BCUT2D eigenvalue weighted by molar-refractivity contribution is -0.154. The number of ether oxygens (including phenoxy) is 3. The Hall–Kier alpha value is -1.18. The van der Waals surface area contributed by atoms with E-state index in [1.165, 1.54) is 7.11 Å². The van der Waals surface area contributed by atoms with Crippen molar-refractivity contribution in [2.24, 2.45) is 0 Å². The number of rotatable bonds is 8. The lowest BCUT2D eigenvalue weighted by Crippen LogP contribution is -2.53. The maximum absolute atomic E-state index is 11.9. The molecular formula is C14H26N2O5. The molecule has 1 atom stereocenters. The number of esters is 1. The van der Waals surface area contributed by atoms with Gasteiger partial charge in [0.05, 0.1) is 33.0 Å². The molecule has 0 bridgehead atoms. The Morgan fingerprint density at radius 3 is 2.86 bits per heavy atom. The second-order valence-corrected chi connectivity index (χ2v) is 5.21. The molecule has 0 aromatic rings. The quantitative estimate of drug-likeness (QED) is 0.494. The van der Waals surface area contributed by atoms with Gasteiger partial charge in [0.2, 0.25) is 5.91 Å². The molecule has 1 aliphatic heterocycles. The molecule has 7 heteroatoms. The van der Waals surface area contributed by atoms with E-state index in [0.29, 0.717) is 26.3 Å². The predicted octanol–water partition coefficient (Wildman–Crippen LogP) is -0.208. The first-order valence-corrected chi connectivity index (χ1v) is 7.32. The number of carbonyl (C=O) groups is 2. The fourth-order valence-corrected chi connectivity index (χ4v) is 2.04. The van der Waals surface area contributed by atoms with Crippen LogP contribution in [0.5, 0.6) is 0 Å². The number of hydrogen-bond donors (Lipinski definition) is 1. The number of carbonyl (C=O) groups excluding carboxylic acids is 2. The summed E-state index contributed by atoms with van der Waals surface area (Å²) in [6.07, 6.45) is 0.975. The zero-order chi connectivity index (χ0) is 15.7. The maximum atomic E-state index is 11.9. The molecule has 1 heterocycles. The van der Waals surface area contributed by atoms with Crippen molar-refractivity contribution in [3.8, 4) is 0 Å². The van der Waals surface area contributed by atoms with Gasteiger partial charge in [-0.1, -0.05) is 0 Å². The molecule has 1 saturated heterocycles. The van der Waals surface area contributed by atoms with E-state index in [2.05, 4.69) is 5.32 Å². The summed E-state index contributed by atoms with van der Waals surface area (Å²) in [6, 6.07) is -0.501. The van der Waals surface area contributed by atoms with Gasteiger partial charge in [0, 0.05) is 19.7 Å². The number of nitrogens with one attached hydrogen (secondary N) is 1. The minimum Gasteiger partial charge on any atom is -0.468 e. The third-order valence-electron chi connectivity index (χ3n) is 3.15. The summed E-state index contributed by atoms with van der Waals surface area (Å²) in [7, 11) is 1.34. The summed E-state index contributed by atoms with van der Waals surface area (Å²) in [5, 5.41) is 2.83. The third-order valence-corrected chi connectivity index (χ3v) is 3.15. The van der Waals surface area contributed by atoms with Crippen molar-refractivity contribution in [3.05, 3.63) is 0 Å². The molecule has 1 unspecified atom stereocenters. The maximum Gasteiger partial charge on any atom is 0.325 e.